The first kappa shape index (κ1) is 20.5. The van der Waals surface area contributed by atoms with Gasteiger partial charge in [-0.05, 0) is 26.3 Å². The zero-order chi connectivity index (χ0) is 18.9. The van der Waals surface area contributed by atoms with Crippen molar-refractivity contribution >= 4 is 18.0 Å². The minimum atomic E-state index is -0.773. The maximum Gasteiger partial charge on any atom is 0.407 e. The van der Waals surface area contributed by atoms with Gasteiger partial charge in [-0.25, -0.2) is 4.79 Å². The quantitative estimate of drug-likeness (QED) is 0.600. The number of hydrogen-bond donors (Lipinski definition) is 1. The average molecular weight is 351 g/mol. The van der Waals surface area contributed by atoms with Crippen molar-refractivity contribution in [3.05, 3.63) is 35.9 Å². The number of esters is 2. The lowest BCUT2D eigenvalue weighted by Crippen LogP contribution is -2.41. The number of ether oxygens (including phenoxy) is 3. The normalized spacial score (nSPS) is 12.0. The highest BCUT2D eigenvalue weighted by atomic mass is 16.6. The van der Waals surface area contributed by atoms with Gasteiger partial charge in [-0.15, -0.1) is 0 Å². The molecule has 138 valence electrons. The summed E-state index contributed by atoms with van der Waals surface area (Å²) in [5.41, 5.74) is 0.161. The molecule has 0 aliphatic carbocycles. The van der Waals surface area contributed by atoms with Crippen LogP contribution in [0.4, 0.5) is 4.79 Å². The fourth-order valence-electron chi connectivity index (χ4n) is 1.93. The molecular weight excluding hydrogens is 326 g/mol. The van der Waals surface area contributed by atoms with Crippen LogP contribution in [0, 0.1) is 0 Å². The van der Waals surface area contributed by atoms with Gasteiger partial charge in [-0.1, -0.05) is 30.3 Å². The topological polar surface area (TPSA) is 90.9 Å². The Balaban J connectivity index is 2.58. The zero-order valence-electron chi connectivity index (χ0n) is 15.0. The number of benzene rings is 1. The monoisotopic (exact) mass is 351 g/mol. The lowest BCUT2D eigenvalue weighted by Gasteiger charge is -2.23. The fraction of sp³-hybridized carbons (Fsp3) is 0.500. The van der Waals surface area contributed by atoms with E-state index in [4.69, 9.17) is 9.47 Å². The van der Waals surface area contributed by atoms with Gasteiger partial charge in [0.2, 0.25) is 0 Å². The van der Waals surface area contributed by atoms with E-state index in [1.54, 1.807) is 20.8 Å². The van der Waals surface area contributed by atoms with Gasteiger partial charge in [0, 0.05) is 0 Å². The molecule has 0 aliphatic heterocycles. The molecule has 0 saturated carbocycles. The van der Waals surface area contributed by atoms with Gasteiger partial charge >= 0.3 is 18.0 Å². The minimum absolute atomic E-state index is 0.122. The third-order valence-electron chi connectivity index (χ3n) is 3.02. The molecule has 7 nitrogen and oxygen atoms in total. The van der Waals surface area contributed by atoms with E-state index in [1.807, 2.05) is 30.3 Å². The van der Waals surface area contributed by atoms with E-state index in [1.165, 1.54) is 7.11 Å². The number of nitrogens with one attached hydrogen (secondary N) is 1. The van der Waals surface area contributed by atoms with Crippen LogP contribution in [-0.4, -0.2) is 36.8 Å². The molecule has 1 aromatic carbocycles. The molecule has 0 fully saturated rings. The predicted octanol–water partition coefficient (Wildman–Crippen LogP) is 2.58. The second-order valence-corrected chi connectivity index (χ2v) is 6.47. The van der Waals surface area contributed by atoms with E-state index in [-0.39, 0.29) is 19.4 Å². The largest absolute Gasteiger partial charge is 0.469 e. The van der Waals surface area contributed by atoms with Crippen LogP contribution < -0.4 is 5.32 Å². The number of alkyl carbamates (subject to hydrolysis) is 1. The van der Waals surface area contributed by atoms with Crippen LogP contribution in [0.2, 0.25) is 0 Å². The number of carbonyl (C=O) groups is 3. The Bertz CT molecular complexity index is 579. The lowest BCUT2D eigenvalue weighted by molar-refractivity contribution is -0.146. The summed E-state index contributed by atoms with van der Waals surface area (Å²) >= 11 is 0. The van der Waals surface area contributed by atoms with Crippen LogP contribution in [0.3, 0.4) is 0 Å². The fourth-order valence-corrected chi connectivity index (χ4v) is 1.93. The summed E-state index contributed by atoms with van der Waals surface area (Å²) in [5.74, 6) is -1.08. The van der Waals surface area contributed by atoms with Crippen molar-refractivity contribution in [3.63, 3.8) is 0 Å². The lowest BCUT2D eigenvalue weighted by atomic mass is 10.1. The third kappa shape index (κ3) is 9.34. The van der Waals surface area contributed by atoms with Crippen molar-refractivity contribution in [2.75, 3.05) is 7.11 Å². The third-order valence-corrected chi connectivity index (χ3v) is 3.02. The molecule has 0 aliphatic rings. The van der Waals surface area contributed by atoms with Gasteiger partial charge in [0.15, 0.2) is 0 Å². The average Bonchev–Trinajstić information content (AvgIpc) is 2.51. The zero-order valence-corrected chi connectivity index (χ0v) is 15.0. The summed E-state index contributed by atoms with van der Waals surface area (Å²) in [6.07, 6.45) is -1.03. The molecule has 0 spiro atoms. The van der Waals surface area contributed by atoms with Gasteiger partial charge in [-0.2, -0.15) is 0 Å². The first-order chi connectivity index (χ1) is 11.7. The van der Waals surface area contributed by atoms with Crippen molar-refractivity contribution in [1.82, 2.24) is 5.32 Å². The van der Waals surface area contributed by atoms with Crippen molar-refractivity contribution in [2.45, 2.75) is 51.9 Å². The first-order valence-electron chi connectivity index (χ1n) is 7.95. The summed E-state index contributed by atoms with van der Waals surface area (Å²) in [4.78, 5) is 35.3. The highest BCUT2D eigenvalue weighted by molar-refractivity contribution is 5.76. The Morgan fingerprint density at radius 2 is 1.64 bits per heavy atom. The second-order valence-electron chi connectivity index (χ2n) is 6.47. The summed E-state index contributed by atoms with van der Waals surface area (Å²) in [6, 6.07) is 8.44. The molecule has 1 atom stereocenters. The smallest absolute Gasteiger partial charge is 0.407 e. The van der Waals surface area contributed by atoms with Gasteiger partial charge in [0.25, 0.3) is 0 Å². The molecule has 0 bridgehead atoms. The van der Waals surface area contributed by atoms with Crippen molar-refractivity contribution in [1.29, 1.82) is 0 Å². The van der Waals surface area contributed by atoms with Crippen molar-refractivity contribution < 1.29 is 28.6 Å². The van der Waals surface area contributed by atoms with Gasteiger partial charge in [-0.3, -0.25) is 9.59 Å². The summed E-state index contributed by atoms with van der Waals surface area (Å²) < 4.78 is 14.9. The van der Waals surface area contributed by atoms with E-state index >= 15 is 0 Å². The van der Waals surface area contributed by atoms with E-state index in [9.17, 15) is 14.4 Å². The maximum absolute atomic E-state index is 12.0. The summed E-state index contributed by atoms with van der Waals surface area (Å²) in [6.45, 7) is 5.28. The highest BCUT2D eigenvalue weighted by Crippen LogP contribution is 2.10. The second kappa shape index (κ2) is 9.66. The molecule has 0 aromatic heterocycles. The Morgan fingerprint density at radius 3 is 2.20 bits per heavy atom. The predicted molar refractivity (Wildman–Crippen MR) is 90.6 cm³/mol. The molecule has 1 N–H and O–H groups in total. The molecule has 25 heavy (non-hydrogen) atoms. The van der Waals surface area contributed by atoms with Gasteiger partial charge in [0.05, 0.1) is 26.0 Å². The van der Waals surface area contributed by atoms with Crippen LogP contribution in [0.5, 0.6) is 0 Å². The van der Waals surface area contributed by atoms with Crippen LogP contribution in [0.1, 0.15) is 39.2 Å². The number of amides is 1. The van der Waals surface area contributed by atoms with Crippen LogP contribution in [-0.2, 0) is 30.4 Å². The minimum Gasteiger partial charge on any atom is -0.469 e. The molecule has 1 aromatic rings. The number of carbonyl (C=O) groups excluding carboxylic acids is 3. The van der Waals surface area contributed by atoms with Gasteiger partial charge in [0.1, 0.15) is 12.2 Å². The highest BCUT2D eigenvalue weighted by Gasteiger charge is 2.24. The molecule has 1 rings (SSSR count). The summed E-state index contributed by atoms with van der Waals surface area (Å²) in [7, 11) is 1.24. The first-order valence-corrected chi connectivity index (χ1v) is 7.95. The molecule has 0 saturated heterocycles. The SMILES string of the molecule is COC(=O)C[C@@H](CC(=O)OCc1ccccc1)NC(=O)OC(C)(C)C. The molecular formula is C18H25NO6. The molecule has 7 heteroatoms. The van der Waals surface area contributed by atoms with E-state index < -0.39 is 29.7 Å². The molecule has 0 heterocycles. The summed E-state index contributed by atoms with van der Waals surface area (Å²) in [5, 5.41) is 2.51. The maximum atomic E-state index is 12.0. The molecule has 1 amide bonds. The molecule has 0 unspecified atom stereocenters. The number of rotatable bonds is 7. The number of methoxy groups -OCH3 is 1. The van der Waals surface area contributed by atoms with Gasteiger partial charge < -0.3 is 19.5 Å². The molecule has 0 radical (unpaired) electrons. The van der Waals surface area contributed by atoms with Crippen molar-refractivity contribution in [2.24, 2.45) is 0 Å². The van der Waals surface area contributed by atoms with Crippen molar-refractivity contribution in [3.8, 4) is 0 Å². The Morgan fingerprint density at radius 1 is 1.04 bits per heavy atom. The standard InChI is InChI=1S/C18H25NO6/c1-18(2,3)25-17(22)19-14(10-15(20)23-4)11-16(21)24-12-13-8-6-5-7-9-13/h5-9,14H,10-12H2,1-4H3,(H,19,22)/t14-/m0/s1. The Kier molecular flexibility index (Phi) is 7.91. The Labute approximate surface area is 147 Å². The van der Waals surface area contributed by atoms with E-state index in [2.05, 4.69) is 10.1 Å². The Hall–Kier alpha value is -2.57. The number of hydrogen-bond acceptors (Lipinski definition) is 6. The van der Waals surface area contributed by atoms with Crippen LogP contribution >= 0.6 is 0 Å². The van der Waals surface area contributed by atoms with E-state index in [0.717, 1.165) is 5.56 Å². The van der Waals surface area contributed by atoms with E-state index in [0.29, 0.717) is 0 Å². The van der Waals surface area contributed by atoms with Crippen LogP contribution in [0.25, 0.3) is 0 Å². The van der Waals surface area contributed by atoms with Crippen LogP contribution in [0.15, 0.2) is 30.3 Å².